The number of hydrogen-bond donors (Lipinski definition) is 1. The zero-order chi connectivity index (χ0) is 10.8. The summed E-state index contributed by atoms with van der Waals surface area (Å²) in [7, 11) is 0. The van der Waals surface area contributed by atoms with Gasteiger partial charge in [0.05, 0.1) is 0 Å². The van der Waals surface area contributed by atoms with Crippen molar-refractivity contribution in [2.75, 3.05) is 17.2 Å². The molecule has 0 bridgehead atoms. The number of hydrogen-bond acceptors (Lipinski definition) is 2. The lowest BCUT2D eigenvalue weighted by Crippen LogP contribution is -2.28. The molecule has 0 aromatic heterocycles. The second kappa shape index (κ2) is 3.93. The maximum atomic E-state index is 11.8. The van der Waals surface area contributed by atoms with Crippen LogP contribution < -0.4 is 10.6 Å². The molecule has 0 saturated heterocycles. The van der Waals surface area contributed by atoms with Crippen molar-refractivity contribution in [3.8, 4) is 0 Å². The first kappa shape index (κ1) is 10.0. The summed E-state index contributed by atoms with van der Waals surface area (Å²) in [6.07, 6.45) is 2.40. The Morgan fingerprint density at radius 2 is 2.33 bits per heavy atom. The van der Waals surface area contributed by atoms with E-state index < -0.39 is 0 Å². The molecule has 0 saturated carbocycles. The van der Waals surface area contributed by atoms with Crippen LogP contribution in [0.1, 0.15) is 25.3 Å². The molecule has 1 aliphatic heterocycles. The molecule has 3 nitrogen and oxygen atoms in total. The Bertz CT molecular complexity index is 387. The van der Waals surface area contributed by atoms with Gasteiger partial charge in [0, 0.05) is 29.9 Å². The zero-order valence-corrected chi connectivity index (χ0v) is 8.99. The van der Waals surface area contributed by atoms with Crippen LogP contribution >= 0.6 is 0 Å². The number of nitrogen functional groups attached to an aromatic ring is 1. The standard InChI is InChI=1S/C12H16N2O/c1-2-4-12(15)14-8-7-9-10(13)5-3-6-11(9)14/h3,5-6H,2,4,7-8,13H2,1H3. The van der Waals surface area contributed by atoms with E-state index in [0.29, 0.717) is 6.42 Å². The van der Waals surface area contributed by atoms with Gasteiger partial charge in [0.25, 0.3) is 0 Å². The molecule has 15 heavy (non-hydrogen) atoms. The summed E-state index contributed by atoms with van der Waals surface area (Å²) in [4.78, 5) is 13.7. The third-order valence-corrected chi connectivity index (χ3v) is 2.83. The molecular formula is C12H16N2O. The maximum Gasteiger partial charge on any atom is 0.226 e. The number of amides is 1. The fraction of sp³-hybridized carbons (Fsp3) is 0.417. The molecule has 2 N–H and O–H groups in total. The van der Waals surface area contributed by atoms with Gasteiger partial charge in [0.15, 0.2) is 0 Å². The topological polar surface area (TPSA) is 46.3 Å². The molecular weight excluding hydrogens is 188 g/mol. The van der Waals surface area contributed by atoms with Crippen molar-refractivity contribution in [1.82, 2.24) is 0 Å². The highest BCUT2D eigenvalue weighted by molar-refractivity contribution is 5.96. The van der Waals surface area contributed by atoms with E-state index in [-0.39, 0.29) is 5.91 Å². The molecule has 1 heterocycles. The quantitative estimate of drug-likeness (QED) is 0.748. The summed E-state index contributed by atoms with van der Waals surface area (Å²) in [5.74, 6) is 0.210. The van der Waals surface area contributed by atoms with Crippen molar-refractivity contribution >= 4 is 17.3 Å². The first-order valence-corrected chi connectivity index (χ1v) is 5.41. The Balaban J connectivity index is 2.29. The monoisotopic (exact) mass is 204 g/mol. The predicted octanol–water partition coefficient (Wildman–Crippen LogP) is 1.96. The molecule has 80 valence electrons. The minimum Gasteiger partial charge on any atom is -0.398 e. The molecule has 1 aromatic carbocycles. The summed E-state index contributed by atoms with van der Waals surface area (Å²) in [6, 6.07) is 5.78. The van der Waals surface area contributed by atoms with Gasteiger partial charge in [0.2, 0.25) is 5.91 Å². The van der Waals surface area contributed by atoms with Gasteiger partial charge < -0.3 is 10.6 Å². The predicted molar refractivity (Wildman–Crippen MR) is 61.8 cm³/mol. The van der Waals surface area contributed by atoms with Gasteiger partial charge in [0.1, 0.15) is 0 Å². The van der Waals surface area contributed by atoms with Crippen molar-refractivity contribution in [2.45, 2.75) is 26.2 Å². The number of benzene rings is 1. The zero-order valence-electron chi connectivity index (χ0n) is 8.99. The highest BCUT2D eigenvalue weighted by atomic mass is 16.2. The lowest BCUT2D eigenvalue weighted by molar-refractivity contribution is -0.118. The summed E-state index contributed by atoms with van der Waals surface area (Å²) in [5.41, 5.74) is 8.81. The summed E-state index contributed by atoms with van der Waals surface area (Å²) >= 11 is 0. The van der Waals surface area contributed by atoms with E-state index in [0.717, 1.165) is 36.3 Å². The Labute approximate surface area is 89.9 Å². The number of fused-ring (bicyclic) bond motifs is 1. The van der Waals surface area contributed by atoms with Crippen LogP contribution in [0.25, 0.3) is 0 Å². The van der Waals surface area contributed by atoms with Crippen LogP contribution in [0.15, 0.2) is 18.2 Å². The van der Waals surface area contributed by atoms with Crippen LogP contribution in [0.2, 0.25) is 0 Å². The van der Waals surface area contributed by atoms with E-state index >= 15 is 0 Å². The van der Waals surface area contributed by atoms with Crippen LogP contribution in [0.4, 0.5) is 11.4 Å². The third kappa shape index (κ3) is 1.69. The van der Waals surface area contributed by atoms with Gasteiger partial charge in [-0.2, -0.15) is 0 Å². The molecule has 0 atom stereocenters. The van der Waals surface area contributed by atoms with Crippen LogP contribution in [0.3, 0.4) is 0 Å². The fourth-order valence-electron chi connectivity index (χ4n) is 2.07. The van der Waals surface area contributed by atoms with Gasteiger partial charge >= 0.3 is 0 Å². The molecule has 0 fully saturated rings. The first-order chi connectivity index (χ1) is 7.24. The van der Waals surface area contributed by atoms with E-state index in [1.807, 2.05) is 30.0 Å². The molecule has 0 radical (unpaired) electrons. The van der Waals surface area contributed by atoms with Crippen LogP contribution in [0.5, 0.6) is 0 Å². The van der Waals surface area contributed by atoms with Crippen molar-refractivity contribution < 1.29 is 4.79 Å². The number of rotatable bonds is 2. The molecule has 0 aliphatic carbocycles. The number of carbonyl (C=O) groups excluding carboxylic acids is 1. The van der Waals surface area contributed by atoms with Crippen molar-refractivity contribution in [2.24, 2.45) is 0 Å². The maximum absolute atomic E-state index is 11.8. The lowest BCUT2D eigenvalue weighted by atomic mass is 10.1. The smallest absolute Gasteiger partial charge is 0.226 e. The second-order valence-electron chi connectivity index (χ2n) is 3.89. The van der Waals surface area contributed by atoms with Gasteiger partial charge in [-0.3, -0.25) is 4.79 Å². The third-order valence-electron chi connectivity index (χ3n) is 2.83. The SMILES string of the molecule is CCCC(=O)N1CCc2c(N)cccc21. The Hall–Kier alpha value is -1.51. The van der Waals surface area contributed by atoms with Crippen molar-refractivity contribution in [3.63, 3.8) is 0 Å². The Morgan fingerprint density at radius 3 is 3.07 bits per heavy atom. The van der Waals surface area contributed by atoms with Crippen LogP contribution in [0, 0.1) is 0 Å². The molecule has 1 aliphatic rings. The Kier molecular flexibility index (Phi) is 2.62. The molecule has 1 amide bonds. The lowest BCUT2D eigenvalue weighted by Gasteiger charge is -2.16. The van der Waals surface area contributed by atoms with Gasteiger partial charge in [-0.15, -0.1) is 0 Å². The van der Waals surface area contributed by atoms with Crippen LogP contribution in [-0.2, 0) is 11.2 Å². The first-order valence-electron chi connectivity index (χ1n) is 5.41. The summed E-state index contributed by atoms with van der Waals surface area (Å²) in [6.45, 7) is 2.80. The Morgan fingerprint density at radius 1 is 1.53 bits per heavy atom. The average Bonchev–Trinajstić information content (AvgIpc) is 2.63. The highest BCUT2D eigenvalue weighted by Crippen LogP contribution is 2.32. The molecule has 2 rings (SSSR count). The minimum atomic E-state index is 0.210. The summed E-state index contributed by atoms with van der Waals surface area (Å²) in [5, 5.41) is 0. The normalized spacial score (nSPS) is 14.1. The van der Waals surface area contributed by atoms with E-state index in [9.17, 15) is 4.79 Å². The minimum absolute atomic E-state index is 0.210. The summed E-state index contributed by atoms with van der Waals surface area (Å²) < 4.78 is 0. The van der Waals surface area contributed by atoms with E-state index in [1.165, 1.54) is 0 Å². The molecule has 3 heteroatoms. The molecule has 1 aromatic rings. The van der Waals surface area contributed by atoms with Crippen molar-refractivity contribution in [1.29, 1.82) is 0 Å². The van der Waals surface area contributed by atoms with Gasteiger partial charge in [-0.25, -0.2) is 0 Å². The van der Waals surface area contributed by atoms with Crippen molar-refractivity contribution in [3.05, 3.63) is 23.8 Å². The van der Waals surface area contributed by atoms with E-state index in [1.54, 1.807) is 0 Å². The molecule has 0 spiro atoms. The van der Waals surface area contributed by atoms with E-state index in [2.05, 4.69) is 0 Å². The highest BCUT2D eigenvalue weighted by Gasteiger charge is 2.24. The fourth-order valence-corrected chi connectivity index (χ4v) is 2.07. The largest absolute Gasteiger partial charge is 0.398 e. The number of nitrogens with zero attached hydrogens (tertiary/aromatic N) is 1. The van der Waals surface area contributed by atoms with Crippen LogP contribution in [-0.4, -0.2) is 12.5 Å². The van der Waals surface area contributed by atoms with Gasteiger partial charge in [-0.05, 0) is 25.0 Å². The number of nitrogens with two attached hydrogens (primary N) is 1. The molecule has 0 unspecified atom stereocenters. The van der Waals surface area contributed by atoms with E-state index in [4.69, 9.17) is 5.73 Å². The average molecular weight is 204 g/mol. The van der Waals surface area contributed by atoms with Gasteiger partial charge in [-0.1, -0.05) is 13.0 Å². The second-order valence-corrected chi connectivity index (χ2v) is 3.89. The number of carbonyl (C=O) groups is 1. The number of anilines is 2.